The van der Waals surface area contributed by atoms with Crippen LogP contribution in [0, 0.1) is 0 Å². The Labute approximate surface area is 131 Å². The van der Waals surface area contributed by atoms with E-state index in [-0.39, 0.29) is 5.91 Å². The number of aryl methyl sites for hydroxylation is 1. The Morgan fingerprint density at radius 2 is 1.91 bits per heavy atom. The highest BCUT2D eigenvalue weighted by atomic mass is 32.1. The van der Waals surface area contributed by atoms with Crippen molar-refractivity contribution in [3.63, 3.8) is 0 Å². The fraction of sp³-hybridized carbons (Fsp3) is 0.0588. The summed E-state index contributed by atoms with van der Waals surface area (Å²) in [6.07, 6.45) is 0. The first-order valence-electron chi connectivity index (χ1n) is 6.94. The molecule has 0 aliphatic heterocycles. The third-order valence-electron chi connectivity index (χ3n) is 3.70. The lowest BCUT2D eigenvalue weighted by molar-refractivity contribution is 0.102. The Kier molecular flexibility index (Phi) is 2.94. The van der Waals surface area contributed by atoms with E-state index >= 15 is 0 Å². The van der Waals surface area contributed by atoms with E-state index in [1.54, 1.807) is 0 Å². The van der Waals surface area contributed by atoms with Crippen LogP contribution in [0.1, 0.15) is 10.5 Å². The molecular weight excluding hydrogens is 294 g/mol. The molecule has 1 amide bonds. The zero-order valence-corrected chi connectivity index (χ0v) is 12.7. The van der Waals surface area contributed by atoms with E-state index in [9.17, 15) is 4.79 Å². The largest absolute Gasteiger partial charge is 0.340 e. The minimum absolute atomic E-state index is 0.141. The smallest absolute Gasteiger partial charge is 0.274 e. The number of thiazole rings is 1. The van der Waals surface area contributed by atoms with Crippen molar-refractivity contribution >= 4 is 43.5 Å². The molecule has 22 heavy (non-hydrogen) atoms. The van der Waals surface area contributed by atoms with Crippen molar-refractivity contribution in [3.8, 4) is 0 Å². The summed E-state index contributed by atoms with van der Waals surface area (Å²) in [6, 6.07) is 17.7. The Bertz CT molecular complexity index is 966. The molecule has 0 spiro atoms. The van der Waals surface area contributed by atoms with Crippen molar-refractivity contribution in [2.45, 2.75) is 0 Å². The number of anilines is 1. The Morgan fingerprint density at radius 3 is 2.73 bits per heavy atom. The molecule has 0 saturated carbocycles. The van der Waals surface area contributed by atoms with Gasteiger partial charge in [-0.15, -0.1) is 0 Å². The van der Waals surface area contributed by atoms with Crippen LogP contribution in [0.5, 0.6) is 0 Å². The Balaban J connectivity index is 1.69. The molecule has 108 valence electrons. The van der Waals surface area contributed by atoms with E-state index in [0.29, 0.717) is 10.8 Å². The summed E-state index contributed by atoms with van der Waals surface area (Å²) < 4.78 is 2.97. The highest BCUT2D eigenvalue weighted by Gasteiger charge is 2.15. The quantitative estimate of drug-likeness (QED) is 0.607. The van der Waals surface area contributed by atoms with E-state index in [1.807, 2.05) is 66.2 Å². The zero-order valence-electron chi connectivity index (χ0n) is 11.9. The molecule has 5 heteroatoms. The second-order valence-electron chi connectivity index (χ2n) is 5.09. The summed E-state index contributed by atoms with van der Waals surface area (Å²) in [5, 5.41) is 4.57. The van der Waals surface area contributed by atoms with Gasteiger partial charge in [0.25, 0.3) is 5.91 Å². The number of nitrogens with zero attached hydrogens (tertiary/aromatic N) is 2. The molecule has 2 aromatic carbocycles. The number of hydrogen-bond acceptors (Lipinski definition) is 3. The molecule has 4 nitrogen and oxygen atoms in total. The van der Waals surface area contributed by atoms with Gasteiger partial charge in [0.2, 0.25) is 0 Å². The highest BCUT2D eigenvalue weighted by molar-refractivity contribution is 7.22. The number of amides is 1. The topological polar surface area (TPSA) is 46.9 Å². The Morgan fingerprint density at radius 1 is 1.14 bits per heavy atom. The van der Waals surface area contributed by atoms with Gasteiger partial charge in [-0.05, 0) is 24.3 Å². The van der Waals surface area contributed by atoms with Crippen LogP contribution in [0.3, 0.4) is 0 Å². The average Bonchev–Trinajstić information content (AvgIpc) is 3.08. The number of rotatable bonds is 2. The molecule has 4 aromatic rings. The van der Waals surface area contributed by atoms with Crippen molar-refractivity contribution < 1.29 is 4.79 Å². The molecule has 0 unspecified atom stereocenters. The number of para-hydroxylation sites is 2. The van der Waals surface area contributed by atoms with E-state index < -0.39 is 0 Å². The van der Waals surface area contributed by atoms with Crippen molar-refractivity contribution in [2.75, 3.05) is 5.32 Å². The van der Waals surface area contributed by atoms with Gasteiger partial charge >= 0.3 is 0 Å². The molecule has 0 aliphatic rings. The molecular formula is C17H13N3OS. The summed E-state index contributed by atoms with van der Waals surface area (Å²) in [6.45, 7) is 0. The van der Waals surface area contributed by atoms with Crippen LogP contribution in [0.15, 0.2) is 54.6 Å². The molecule has 0 aliphatic carbocycles. The standard InChI is InChI=1S/C17H13N3OS/c1-20-13-8-4-2-6-11(13)10-14(20)16(21)19-17-18-12-7-3-5-9-15(12)22-17/h2-10H,1H3,(H,18,19,21). The minimum atomic E-state index is -0.141. The van der Waals surface area contributed by atoms with Gasteiger partial charge in [0.1, 0.15) is 5.69 Å². The maximum atomic E-state index is 12.5. The second-order valence-corrected chi connectivity index (χ2v) is 6.12. The van der Waals surface area contributed by atoms with Gasteiger partial charge in [-0.25, -0.2) is 4.98 Å². The van der Waals surface area contributed by atoms with Gasteiger partial charge in [0.15, 0.2) is 5.13 Å². The molecule has 0 bridgehead atoms. The van der Waals surface area contributed by atoms with E-state index in [2.05, 4.69) is 10.3 Å². The fourth-order valence-electron chi connectivity index (χ4n) is 2.59. The monoisotopic (exact) mass is 307 g/mol. The second kappa shape index (κ2) is 4.96. The summed E-state index contributed by atoms with van der Waals surface area (Å²) in [7, 11) is 1.90. The fourth-order valence-corrected chi connectivity index (χ4v) is 3.45. The maximum absolute atomic E-state index is 12.5. The molecule has 4 rings (SSSR count). The van der Waals surface area contributed by atoms with Crippen molar-refractivity contribution in [1.29, 1.82) is 0 Å². The van der Waals surface area contributed by atoms with Crippen molar-refractivity contribution in [1.82, 2.24) is 9.55 Å². The first-order chi connectivity index (χ1) is 10.7. The summed E-state index contributed by atoms with van der Waals surface area (Å²) >= 11 is 1.48. The van der Waals surface area contributed by atoms with Crippen LogP contribution in [-0.2, 0) is 7.05 Å². The zero-order chi connectivity index (χ0) is 15.1. The number of carbonyl (C=O) groups is 1. The normalized spacial score (nSPS) is 11.1. The maximum Gasteiger partial charge on any atom is 0.274 e. The van der Waals surface area contributed by atoms with E-state index in [0.717, 1.165) is 21.1 Å². The number of benzene rings is 2. The molecule has 2 aromatic heterocycles. The van der Waals surface area contributed by atoms with Gasteiger partial charge in [0.05, 0.1) is 10.2 Å². The molecule has 0 saturated heterocycles. The van der Waals surface area contributed by atoms with Crippen LogP contribution in [0.25, 0.3) is 21.1 Å². The SMILES string of the molecule is Cn1c(C(=O)Nc2nc3ccccc3s2)cc2ccccc21. The highest BCUT2D eigenvalue weighted by Crippen LogP contribution is 2.26. The molecule has 0 radical (unpaired) electrons. The van der Waals surface area contributed by atoms with Gasteiger partial charge in [-0.3, -0.25) is 10.1 Å². The first kappa shape index (κ1) is 13.0. The third-order valence-corrected chi connectivity index (χ3v) is 4.65. The lowest BCUT2D eigenvalue weighted by Crippen LogP contribution is -2.15. The molecule has 0 atom stereocenters. The van der Waals surface area contributed by atoms with Crippen LogP contribution in [0.4, 0.5) is 5.13 Å². The third kappa shape index (κ3) is 2.07. The molecule has 0 fully saturated rings. The van der Waals surface area contributed by atoms with Gasteiger partial charge in [-0.2, -0.15) is 0 Å². The van der Waals surface area contributed by atoms with Crippen molar-refractivity contribution in [2.24, 2.45) is 7.05 Å². The van der Waals surface area contributed by atoms with E-state index in [4.69, 9.17) is 0 Å². The summed E-state index contributed by atoms with van der Waals surface area (Å²) in [5.41, 5.74) is 2.57. The lowest BCUT2D eigenvalue weighted by Gasteiger charge is -2.03. The molecule has 1 N–H and O–H groups in total. The number of hydrogen-bond donors (Lipinski definition) is 1. The van der Waals surface area contributed by atoms with Gasteiger partial charge in [-0.1, -0.05) is 41.7 Å². The predicted molar refractivity (Wildman–Crippen MR) is 90.5 cm³/mol. The van der Waals surface area contributed by atoms with Crippen LogP contribution >= 0.6 is 11.3 Å². The Hall–Kier alpha value is -2.66. The summed E-state index contributed by atoms with van der Waals surface area (Å²) in [5.74, 6) is -0.141. The minimum Gasteiger partial charge on any atom is -0.340 e. The van der Waals surface area contributed by atoms with Crippen LogP contribution in [0.2, 0.25) is 0 Å². The number of fused-ring (bicyclic) bond motifs is 2. The van der Waals surface area contributed by atoms with Crippen LogP contribution < -0.4 is 5.32 Å². The first-order valence-corrected chi connectivity index (χ1v) is 7.75. The molecule has 2 heterocycles. The number of aromatic nitrogens is 2. The van der Waals surface area contributed by atoms with Crippen molar-refractivity contribution in [3.05, 3.63) is 60.3 Å². The average molecular weight is 307 g/mol. The van der Waals surface area contributed by atoms with Crippen LogP contribution in [-0.4, -0.2) is 15.5 Å². The summed E-state index contributed by atoms with van der Waals surface area (Å²) in [4.78, 5) is 17.0. The number of carbonyl (C=O) groups excluding carboxylic acids is 1. The van der Waals surface area contributed by atoms with Gasteiger partial charge < -0.3 is 4.57 Å². The predicted octanol–water partition coefficient (Wildman–Crippen LogP) is 4.04. The number of nitrogens with one attached hydrogen (secondary N) is 1. The van der Waals surface area contributed by atoms with E-state index in [1.165, 1.54) is 11.3 Å². The van der Waals surface area contributed by atoms with Gasteiger partial charge in [0, 0.05) is 18.0 Å². The lowest BCUT2D eigenvalue weighted by atomic mass is 10.2.